The van der Waals surface area contributed by atoms with Crippen LogP contribution >= 0.6 is 0 Å². The normalized spacial score (nSPS) is 21.3. The van der Waals surface area contributed by atoms with Crippen molar-refractivity contribution in [1.29, 1.82) is 0 Å². The monoisotopic (exact) mass is 306 g/mol. The van der Waals surface area contributed by atoms with Crippen molar-refractivity contribution in [3.8, 4) is 16.9 Å². The summed E-state index contributed by atoms with van der Waals surface area (Å²) >= 11 is 0. The Bertz CT molecular complexity index is 649. The van der Waals surface area contributed by atoms with Gasteiger partial charge in [-0.15, -0.1) is 0 Å². The number of hydrogen-bond donors (Lipinski definition) is 1. The van der Waals surface area contributed by atoms with E-state index in [2.05, 4.69) is 37.8 Å². The highest BCUT2D eigenvalue weighted by molar-refractivity contribution is 5.64. The summed E-state index contributed by atoms with van der Waals surface area (Å²) in [5.41, 5.74) is 5.18. The minimum atomic E-state index is 0.311. The molecule has 23 heavy (non-hydrogen) atoms. The van der Waals surface area contributed by atoms with E-state index in [4.69, 9.17) is 0 Å². The van der Waals surface area contributed by atoms with Gasteiger partial charge in [0.25, 0.3) is 0 Å². The Morgan fingerprint density at radius 2 is 1.57 bits per heavy atom. The van der Waals surface area contributed by atoms with Gasteiger partial charge in [0.05, 0.1) is 0 Å². The second-order valence-electron chi connectivity index (χ2n) is 6.71. The molecule has 1 saturated carbocycles. The summed E-state index contributed by atoms with van der Waals surface area (Å²) in [6.07, 6.45) is 6.39. The van der Waals surface area contributed by atoms with E-state index in [0.29, 0.717) is 17.6 Å². The molecule has 0 aromatic heterocycles. The number of phenolic OH excluding ortho intramolecular Hbond substituents is 1. The van der Waals surface area contributed by atoms with Gasteiger partial charge in [0, 0.05) is 5.92 Å². The van der Waals surface area contributed by atoms with Crippen LogP contribution in [0, 0.1) is 5.92 Å². The summed E-state index contributed by atoms with van der Waals surface area (Å²) in [5.74, 6) is 1.54. The maximum atomic E-state index is 9.41. The molecule has 0 aliphatic heterocycles. The standard InChI is InChI=1S/C22H26O/c1-3-5-17-6-4-7-22(16(17)2)20-10-8-18(9-11-20)19-12-14-21(23)15-13-19/h8-15,17,22-23H,2-7H2,1H3. The number of hydrogen-bond acceptors (Lipinski definition) is 1. The van der Waals surface area contributed by atoms with Crippen LogP contribution in [0.15, 0.2) is 60.7 Å². The first kappa shape index (κ1) is 15.9. The zero-order valence-corrected chi connectivity index (χ0v) is 14.0. The Morgan fingerprint density at radius 3 is 2.17 bits per heavy atom. The molecule has 1 nitrogen and oxygen atoms in total. The number of phenols is 1. The van der Waals surface area contributed by atoms with Crippen molar-refractivity contribution >= 4 is 0 Å². The topological polar surface area (TPSA) is 20.2 Å². The number of allylic oxidation sites excluding steroid dienone is 1. The molecule has 1 aliphatic rings. The third-order valence-electron chi connectivity index (χ3n) is 5.17. The fraction of sp³-hybridized carbons (Fsp3) is 0.364. The highest BCUT2D eigenvalue weighted by atomic mass is 16.3. The lowest BCUT2D eigenvalue weighted by molar-refractivity contribution is 0.398. The number of aromatic hydroxyl groups is 1. The molecule has 0 bridgehead atoms. The van der Waals surface area contributed by atoms with Crippen LogP contribution in [0.1, 0.15) is 50.5 Å². The van der Waals surface area contributed by atoms with Gasteiger partial charge >= 0.3 is 0 Å². The predicted molar refractivity (Wildman–Crippen MR) is 97.7 cm³/mol. The molecule has 3 rings (SSSR count). The summed E-state index contributed by atoms with van der Waals surface area (Å²) in [7, 11) is 0. The van der Waals surface area contributed by atoms with Crippen molar-refractivity contribution in [1.82, 2.24) is 0 Å². The molecule has 1 N–H and O–H groups in total. The molecule has 0 heterocycles. The lowest BCUT2D eigenvalue weighted by Crippen LogP contribution is -2.17. The summed E-state index contributed by atoms with van der Waals surface area (Å²) < 4.78 is 0. The third-order valence-corrected chi connectivity index (χ3v) is 5.17. The highest BCUT2D eigenvalue weighted by Gasteiger charge is 2.26. The van der Waals surface area contributed by atoms with E-state index in [1.54, 1.807) is 12.1 Å². The zero-order valence-electron chi connectivity index (χ0n) is 14.0. The van der Waals surface area contributed by atoms with Crippen molar-refractivity contribution in [3.63, 3.8) is 0 Å². The van der Waals surface area contributed by atoms with Crippen molar-refractivity contribution in [2.24, 2.45) is 5.92 Å². The lowest BCUT2D eigenvalue weighted by Gasteiger charge is -2.32. The molecule has 120 valence electrons. The molecule has 0 amide bonds. The molecule has 2 aromatic rings. The second-order valence-corrected chi connectivity index (χ2v) is 6.71. The predicted octanol–water partition coefficient (Wildman–Crippen LogP) is 6.30. The average molecular weight is 306 g/mol. The number of benzene rings is 2. The van der Waals surface area contributed by atoms with Gasteiger partial charge in [-0.2, -0.15) is 0 Å². The summed E-state index contributed by atoms with van der Waals surface area (Å²) in [6.45, 7) is 6.70. The smallest absolute Gasteiger partial charge is 0.115 e. The highest BCUT2D eigenvalue weighted by Crippen LogP contribution is 2.42. The Morgan fingerprint density at radius 1 is 0.957 bits per heavy atom. The summed E-state index contributed by atoms with van der Waals surface area (Å²) in [5, 5.41) is 9.41. The Balaban J connectivity index is 1.79. The van der Waals surface area contributed by atoms with E-state index < -0.39 is 0 Å². The van der Waals surface area contributed by atoms with Gasteiger partial charge in [0.1, 0.15) is 5.75 Å². The van der Waals surface area contributed by atoms with E-state index in [1.165, 1.54) is 48.8 Å². The fourth-order valence-corrected chi connectivity index (χ4v) is 3.84. The summed E-state index contributed by atoms with van der Waals surface area (Å²) in [4.78, 5) is 0. The van der Waals surface area contributed by atoms with Gasteiger partial charge in [-0.05, 0) is 54.0 Å². The van der Waals surface area contributed by atoms with E-state index in [0.717, 1.165) is 5.56 Å². The van der Waals surface area contributed by atoms with E-state index in [1.807, 2.05) is 12.1 Å². The van der Waals surface area contributed by atoms with E-state index in [9.17, 15) is 5.11 Å². The molecule has 1 aliphatic carbocycles. The summed E-state index contributed by atoms with van der Waals surface area (Å²) in [6, 6.07) is 16.3. The van der Waals surface area contributed by atoms with Crippen LogP contribution in [-0.4, -0.2) is 5.11 Å². The Hall–Kier alpha value is -2.02. The van der Waals surface area contributed by atoms with Crippen molar-refractivity contribution in [2.75, 3.05) is 0 Å². The molecule has 1 heteroatoms. The lowest BCUT2D eigenvalue weighted by atomic mass is 9.73. The van der Waals surface area contributed by atoms with Gasteiger partial charge in [-0.3, -0.25) is 0 Å². The molecule has 1 fully saturated rings. The maximum absolute atomic E-state index is 9.41. The SMILES string of the molecule is C=C1C(CCC)CCCC1c1ccc(-c2ccc(O)cc2)cc1. The second kappa shape index (κ2) is 7.04. The number of rotatable bonds is 4. The van der Waals surface area contributed by atoms with Crippen LogP contribution in [-0.2, 0) is 0 Å². The molecular weight excluding hydrogens is 280 g/mol. The molecule has 0 spiro atoms. The van der Waals surface area contributed by atoms with Gasteiger partial charge in [-0.1, -0.05) is 68.3 Å². The fourth-order valence-electron chi connectivity index (χ4n) is 3.84. The van der Waals surface area contributed by atoms with E-state index in [-0.39, 0.29) is 0 Å². The van der Waals surface area contributed by atoms with Crippen LogP contribution in [0.4, 0.5) is 0 Å². The van der Waals surface area contributed by atoms with E-state index >= 15 is 0 Å². The van der Waals surface area contributed by atoms with Crippen LogP contribution < -0.4 is 0 Å². The van der Waals surface area contributed by atoms with Gasteiger partial charge in [-0.25, -0.2) is 0 Å². The first-order valence-electron chi connectivity index (χ1n) is 8.77. The van der Waals surface area contributed by atoms with Crippen LogP contribution in [0.5, 0.6) is 5.75 Å². The first-order valence-corrected chi connectivity index (χ1v) is 8.77. The molecular formula is C22H26O. The largest absolute Gasteiger partial charge is 0.508 e. The average Bonchev–Trinajstić information content (AvgIpc) is 2.58. The van der Waals surface area contributed by atoms with Crippen LogP contribution in [0.25, 0.3) is 11.1 Å². The minimum Gasteiger partial charge on any atom is -0.508 e. The van der Waals surface area contributed by atoms with Gasteiger partial charge in [0.2, 0.25) is 0 Å². The first-order chi connectivity index (χ1) is 11.2. The molecule has 0 saturated heterocycles. The molecule has 2 unspecified atom stereocenters. The quantitative estimate of drug-likeness (QED) is 0.657. The maximum Gasteiger partial charge on any atom is 0.115 e. The molecule has 2 atom stereocenters. The van der Waals surface area contributed by atoms with Gasteiger partial charge in [0.15, 0.2) is 0 Å². The van der Waals surface area contributed by atoms with Crippen LogP contribution in [0.3, 0.4) is 0 Å². The minimum absolute atomic E-state index is 0.311. The van der Waals surface area contributed by atoms with Crippen molar-refractivity contribution in [3.05, 3.63) is 66.2 Å². The van der Waals surface area contributed by atoms with Crippen molar-refractivity contribution < 1.29 is 5.11 Å². The van der Waals surface area contributed by atoms with Crippen LogP contribution in [0.2, 0.25) is 0 Å². The third kappa shape index (κ3) is 3.50. The molecule has 2 aromatic carbocycles. The zero-order chi connectivity index (χ0) is 16.2. The van der Waals surface area contributed by atoms with Gasteiger partial charge < -0.3 is 5.11 Å². The molecule has 0 radical (unpaired) electrons. The van der Waals surface area contributed by atoms with Crippen molar-refractivity contribution in [2.45, 2.75) is 44.9 Å². The Labute approximate surface area is 139 Å². The Kier molecular flexibility index (Phi) is 4.85.